The van der Waals surface area contributed by atoms with E-state index in [1.807, 2.05) is 17.7 Å². The van der Waals surface area contributed by atoms with Gasteiger partial charge in [-0.25, -0.2) is 13.8 Å². The third-order valence-electron chi connectivity index (χ3n) is 6.73. The molecule has 1 saturated carbocycles. The summed E-state index contributed by atoms with van der Waals surface area (Å²) in [5.74, 6) is -0.291. The summed E-state index contributed by atoms with van der Waals surface area (Å²) in [5.41, 5.74) is 11.1. The number of nitrogens with zero attached hydrogens (tertiary/aromatic N) is 6. The van der Waals surface area contributed by atoms with E-state index < -0.39 is 17.7 Å². The number of anilines is 1. The van der Waals surface area contributed by atoms with E-state index in [0.29, 0.717) is 35.0 Å². The van der Waals surface area contributed by atoms with Crippen LogP contribution < -0.4 is 10.5 Å². The number of halogens is 2. The standard InChI is InChI=1S/C25H25F2N7O/c1-12-17-9-20-23(32-33(3)31-20)22-18(7-16(26)8-19(22)27)13(2)35-21-6-15(10-29-25(21)28)24(17)34(30-12)11-14-4-5-14/h6-8,10,13-14H,4-5,9,11H2,1-3H3,(H2,28,29)/t13-/m1/s1. The molecule has 0 spiro atoms. The molecule has 35 heavy (non-hydrogen) atoms. The average Bonchev–Trinajstić information content (AvgIpc) is 3.46. The van der Waals surface area contributed by atoms with Crippen molar-refractivity contribution >= 4 is 5.82 Å². The summed E-state index contributed by atoms with van der Waals surface area (Å²) in [6.45, 7) is 4.48. The second-order valence-electron chi connectivity index (χ2n) is 9.42. The predicted octanol–water partition coefficient (Wildman–Crippen LogP) is 4.36. The van der Waals surface area contributed by atoms with Gasteiger partial charge < -0.3 is 10.5 Å². The molecule has 8 nitrogen and oxygen atoms in total. The van der Waals surface area contributed by atoms with Gasteiger partial charge in [-0.05, 0) is 44.7 Å². The van der Waals surface area contributed by atoms with Crippen LogP contribution in [0.4, 0.5) is 14.6 Å². The van der Waals surface area contributed by atoms with E-state index in [1.54, 1.807) is 20.2 Å². The second kappa shape index (κ2) is 7.86. The van der Waals surface area contributed by atoms with Gasteiger partial charge in [0.15, 0.2) is 11.6 Å². The fraction of sp³-hybridized carbons (Fsp3) is 0.360. The number of aromatic nitrogens is 6. The molecule has 4 heterocycles. The molecule has 4 aromatic rings. The minimum absolute atomic E-state index is 0.162. The second-order valence-corrected chi connectivity index (χ2v) is 9.42. The number of pyridine rings is 1. The molecule has 2 bridgehead atoms. The van der Waals surface area contributed by atoms with Crippen LogP contribution >= 0.6 is 0 Å². The molecule has 10 heteroatoms. The normalized spacial score (nSPS) is 17.0. The topological polar surface area (TPSA) is 96.7 Å². The maximum Gasteiger partial charge on any atom is 0.166 e. The molecule has 0 unspecified atom stereocenters. The van der Waals surface area contributed by atoms with E-state index in [-0.39, 0.29) is 11.4 Å². The average molecular weight is 478 g/mol. The molecule has 1 atom stereocenters. The van der Waals surface area contributed by atoms with Crippen LogP contribution in [0.5, 0.6) is 5.75 Å². The van der Waals surface area contributed by atoms with E-state index in [0.717, 1.165) is 35.1 Å². The van der Waals surface area contributed by atoms with Crippen LogP contribution in [0.2, 0.25) is 0 Å². The highest BCUT2D eigenvalue weighted by Gasteiger charge is 2.30. The first-order chi connectivity index (χ1) is 16.8. The molecule has 180 valence electrons. The molecule has 1 aliphatic carbocycles. The number of nitrogen functional groups attached to an aromatic ring is 1. The minimum atomic E-state index is -0.735. The Hall–Kier alpha value is -3.82. The van der Waals surface area contributed by atoms with Crippen LogP contribution in [0.3, 0.4) is 0 Å². The minimum Gasteiger partial charge on any atom is -0.482 e. The molecule has 1 fully saturated rings. The number of nitrogens with two attached hydrogens (primary N) is 1. The van der Waals surface area contributed by atoms with Gasteiger partial charge >= 0.3 is 0 Å². The molecule has 2 N–H and O–H groups in total. The SMILES string of the molecule is Cc1nn(CC2CC2)c2c1Cc1nn(C)nc1-c1c(F)cc(F)cc1[C@@H](C)Oc1cc-2cnc1N. The van der Waals surface area contributed by atoms with Crippen LogP contribution in [0, 0.1) is 24.5 Å². The largest absolute Gasteiger partial charge is 0.482 e. The fourth-order valence-corrected chi connectivity index (χ4v) is 4.86. The van der Waals surface area contributed by atoms with Crippen molar-refractivity contribution in [1.29, 1.82) is 0 Å². The number of fused-ring (bicyclic) bond motifs is 7. The van der Waals surface area contributed by atoms with Gasteiger partial charge in [0.2, 0.25) is 0 Å². The molecule has 0 amide bonds. The van der Waals surface area contributed by atoms with Gasteiger partial charge in [-0.15, -0.1) is 0 Å². The molecular formula is C25H25F2N7O. The highest BCUT2D eigenvalue weighted by molar-refractivity contribution is 5.72. The van der Waals surface area contributed by atoms with E-state index in [1.165, 1.54) is 23.7 Å². The Morgan fingerprint density at radius 2 is 1.94 bits per heavy atom. The lowest BCUT2D eigenvalue weighted by molar-refractivity contribution is 0.227. The smallest absolute Gasteiger partial charge is 0.166 e. The first-order valence-corrected chi connectivity index (χ1v) is 11.7. The molecule has 0 radical (unpaired) electrons. The maximum atomic E-state index is 15.3. The Kier molecular flexibility index (Phi) is 4.87. The zero-order valence-corrected chi connectivity index (χ0v) is 19.7. The van der Waals surface area contributed by atoms with Crippen molar-refractivity contribution in [2.75, 3.05) is 5.73 Å². The Morgan fingerprint density at radius 1 is 1.14 bits per heavy atom. The zero-order chi connectivity index (χ0) is 24.4. The summed E-state index contributed by atoms with van der Waals surface area (Å²) < 4.78 is 37.9. The summed E-state index contributed by atoms with van der Waals surface area (Å²) in [4.78, 5) is 5.79. The van der Waals surface area contributed by atoms with Gasteiger partial charge in [0.1, 0.15) is 23.4 Å². The van der Waals surface area contributed by atoms with Crippen LogP contribution in [0.25, 0.3) is 22.5 Å². The third kappa shape index (κ3) is 3.73. The van der Waals surface area contributed by atoms with Crippen molar-refractivity contribution < 1.29 is 13.5 Å². The molecule has 0 saturated heterocycles. The van der Waals surface area contributed by atoms with E-state index in [4.69, 9.17) is 15.6 Å². The molecule has 1 aliphatic heterocycles. The zero-order valence-electron chi connectivity index (χ0n) is 19.7. The van der Waals surface area contributed by atoms with Gasteiger partial charge in [-0.2, -0.15) is 20.1 Å². The first kappa shape index (κ1) is 21.7. The Balaban J connectivity index is 1.64. The van der Waals surface area contributed by atoms with E-state index >= 15 is 4.39 Å². The van der Waals surface area contributed by atoms with Crippen LogP contribution in [0.15, 0.2) is 24.4 Å². The molecule has 3 aromatic heterocycles. The third-order valence-corrected chi connectivity index (χ3v) is 6.73. The van der Waals surface area contributed by atoms with Crippen molar-refractivity contribution in [3.05, 3.63) is 58.5 Å². The van der Waals surface area contributed by atoms with Gasteiger partial charge in [0.05, 0.1) is 17.1 Å². The summed E-state index contributed by atoms with van der Waals surface area (Å²) in [6, 6.07) is 3.96. The summed E-state index contributed by atoms with van der Waals surface area (Å²) in [6.07, 6.45) is 3.72. The lowest BCUT2D eigenvalue weighted by Crippen LogP contribution is -2.11. The molecule has 2 aliphatic rings. The quantitative estimate of drug-likeness (QED) is 0.461. The Bertz CT molecular complexity index is 1470. The van der Waals surface area contributed by atoms with Gasteiger partial charge in [0.25, 0.3) is 0 Å². The fourth-order valence-electron chi connectivity index (χ4n) is 4.86. The number of aryl methyl sites for hydroxylation is 2. The van der Waals surface area contributed by atoms with E-state index in [9.17, 15) is 4.39 Å². The maximum absolute atomic E-state index is 15.3. The van der Waals surface area contributed by atoms with Crippen LogP contribution in [-0.2, 0) is 20.0 Å². The lowest BCUT2D eigenvalue weighted by Gasteiger charge is -2.21. The van der Waals surface area contributed by atoms with Crippen molar-refractivity contribution in [2.24, 2.45) is 13.0 Å². The van der Waals surface area contributed by atoms with E-state index in [2.05, 4.69) is 15.2 Å². The van der Waals surface area contributed by atoms with Crippen molar-refractivity contribution in [3.8, 4) is 28.3 Å². The van der Waals surface area contributed by atoms with Crippen molar-refractivity contribution in [2.45, 2.75) is 45.8 Å². The van der Waals surface area contributed by atoms with Gasteiger partial charge in [-0.3, -0.25) is 4.68 Å². The molecular weight excluding hydrogens is 452 g/mol. The highest BCUT2D eigenvalue weighted by atomic mass is 19.1. The first-order valence-electron chi connectivity index (χ1n) is 11.7. The van der Waals surface area contributed by atoms with Crippen LogP contribution in [-0.4, -0.2) is 29.8 Å². The lowest BCUT2D eigenvalue weighted by atomic mass is 9.95. The number of hydrogen-bond acceptors (Lipinski definition) is 6. The molecule has 1 aromatic carbocycles. The molecule has 6 rings (SSSR count). The van der Waals surface area contributed by atoms with Gasteiger partial charge in [-0.1, -0.05) is 0 Å². The summed E-state index contributed by atoms with van der Waals surface area (Å²) in [7, 11) is 1.68. The predicted molar refractivity (Wildman–Crippen MR) is 126 cm³/mol. The summed E-state index contributed by atoms with van der Waals surface area (Å²) >= 11 is 0. The monoisotopic (exact) mass is 477 g/mol. The number of benzene rings is 1. The van der Waals surface area contributed by atoms with Crippen LogP contribution in [0.1, 0.15) is 48.4 Å². The number of hydrogen-bond donors (Lipinski definition) is 1. The van der Waals surface area contributed by atoms with Crippen molar-refractivity contribution in [3.63, 3.8) is 0 Å². The van der Waals surface area contributed by atoms with Gasteiger partial charge in [0, 0.05) is 54.5 Å². The summed E-state index contributed by atoms with van der Waals surface area (Å²) in [5, 5.41) is 13.9. The number of rotatable bonds is 2. The highest BCUT2D eigenvalue weighted by Crippen LogP contribution is 2.40. The number of ether oxygens (including phenoxy) is 1. The Morgan fingerprint density at radius 3 is 2.71 bits per heavy atom. The Labute approximate surface area is 200 Å². The van der Waals surface area contributed by atoms with Crippen molar-refractivity contribution in [1.82, 2.24) is 29.8 Å².